The number of amides is 1. The molecule has 0 heterocycles. The van der Waals surface area contributed by atoms with E-state index in [0.717, 1.165) is 0 Å². The Kier molecular flexibility index (Phi) is 5.06. The molecule has 0 aliphatic heterocycles. The molecule has 1 aromatic carbocycles. The van der Waals surface area contributed by atoms with E-state index in [1.165, 1.54) is 18.2 Å². The number of nitrogens with one attached hydrogen (secondary N) is 1. The first-order valence-corrected chi connectivity index (χ1v) is 5.73. The molecule has 6 nitrogen and oxygen atoms in total. The Labute approximate surface area is 109 Å². The average molecular weight is 273 g/mol. The lowest BCUT2D eigenvalue weighted by molar-refractivity contribution is -0.385. The third-order valence-corrected chi connectivity index (χ3v) is 2.77. The summed E-state index contributed by atoms with van der Waals surface area (Å²) in [5, 5.41) is 22.3. The predicted octanol–water partition coefficient (Wildman–Crippen LogP) is 1.75. The molecule has 0 aromatic heterocycles. The molecule has 18 heavy (non-hydrogen) atoms. The number of rotatable bonds is 5. The Bertz CT molecular complexity index is 460. The first-order chi connectivity index (χ1) is 8.51. The van der Waals surface area contributed by atoms with Crippen LogP contribution in [-0.2, 0) is 0 Å². The highest BCUT2D eigenvalue weighted by molar-refractivity contribution is 6.33. The highest BCUT2D eigenvalue weighted by Crippen LogP contribution is 2.28. The number of para-hydroxylation sites is 1. The molecule has 2 N–H and O–H groups in total. The summed E-state index contributed by atoms with van der Waals surface area (Å²) in [5.74, 6) is -0.620. The monoisotopic (exact) mass is 272 g/mol. The van der Waals surface area contributed by atoms with E-state index in [2.05, 4.69) is 5.32 Å². The van der Waals surface area contributed by atoms with Crippen molar-refractivity contribution in [2.24, 2.45) is 0 Å². The summed E-state index contributed by atoms with van der Waals surface area (Å²) in [5.41, 5.74) is -0.538. The Morgan fingerprint density at radius 2 is 2.28 bits per heavy atom. The van der Waals surface area contributed by atoms with E-state index in [1.807, 2.05) is 0 Å². The van der Waals surface area contributed by atoms with Crippen LogP contribution < -0.4 is 5.32 Å². The first kappa shape index (κ1) is 14.4. The highest BCUT2D eigenvalue weighted by atomic mass is 35.5. The van der Waals surface area contributed by atoms with E-state index in [1.54, 1.807) is 6.92 Å². The van der Waals surface area contributed by atoms with Gasteiger partial charge in [0.05, 0.1) is 17.6 Å². The van der Waals surface area contributed by atoms with Crippen molar-refractivity contribution >= 4 is 23.2 Å². The molecule has 0 saturated carbocycles. The van der Waals surface area contributed by atoms with Gasteiger partial charge in [0, 0.05) is 0 Å². The Morgan fingerprint density at radius 1 is 1.61 bits per heavy atom. The number of hydrogen-bond donors (Lipinski definition) is 2. The van der Waals surface area contributed by atoms with E-state index in [9.17, 15) is 14.9 Å². The van der Waals surface area contributed by atoms with Crippen LogP contribution in [0.3, 0.4) is 0 Å². The third kappa shape index (κ3) is 3.18. The van der Waals surface area contributed by atoms with Gasteiger partial charge < -0.3 is 10.4 Å². The number of nitrogens with zero attached hydrogens (tertiary/aromatic N) is 1. The second kappa shape index (κ2) is 6.32. The minimum Gasteiger partial charge on any atom is -0.394 e. The molecule has 98 valence electrons. The lowest BCUT2D eigenvalue weighted by atomic mass is 10.1. The Hall–Kier alpha value is -1.66. The molecule has 1 rings (SSSR count). The van der Waals surface area contributed by atoms with Gasteiger partial charge in [-0.3, -0.25) is 14.9 Å². The number of halogens is 1. The van der Waals surface area contributed by atoms with Gasteiger partial charge in [0.1, 0.15) is 10.6 Å². The maximum absolute atomic E-state index is 11.9. The molecule has 1 amide bonds. The zero-order chi connectivity index (χ0) is 13.7. The molecular formula is C11H13ClN2O4. The fourth-order valence-electron chi connectivity index (χ4n) is 1.42. The molecule has 7 heteroatoms. The molecule has 0 spiro atoms. The minimum atomic E-state index is -0.697. The van der Waals surface area contributed by atoms with Gasteiger partial charge >= 0.3 is 5.69 Å². The standard InChI is InChI=1S/C11H13ClN2O4/c1-2-7(6-15)13-11(16)8-4-3-5-9(12)10(8)14(17)18/h3-5,7,15H,2,6H2,1H3,(H,13,16)/t7-/m1/s1. The molecule has 0 aliphatic rings. The van der Waals surface area contributed by atoms with Gasteiger partial charge in [0.15, 0.2) is 0 Å². The van der Waals surface area contributed by atoms with Crippen molar-refractivity contribution in [1.82, 2.24) is 5.32 Å². The van der Waals surface area contributed by atoms with Crippen molar-refractivity contribution in [3.63, 3.8) is 0 Å². The number of aliphatic hydroxyl groups is 1. The van der Waals surface area contributed by atoms with Crippen LogP contribution in [0.2, 0.25) is 5.02 Å². The molecular weight excluding hydrogens is 260 g/mol. The van der Waals surface area contributed by atoms with Gasteiger partial charge in [0.25, 0.3) is 5.91 Å². The Balaban J connectivity index is 3.06. The average Bonchev–Trinajstić information content (AvgIpc) is 2.34. The number of hydrogen-bond acceptors (Lipinski definition) is 4. The van der Waals surface area contributed by atoms with Crippen molar-refractivity contribution in [3.05, 3.63) is 38.9 Å². The maximum atomic E-state index is 11.9. The topological polar surface area (TPSA) is 92.5 Å². The van der Waals surface area contributed by atoms with Gasteiger partial charge in [-0.2, -0.15) is 0 Å². The summed E-state index contributed by atoms with van der Waals surface area (Å²) >= 11 is 5.70. The van der Waals surface area contributed by atoms with Gasteiger partial charge in [-0.15, -0.1) is 0 Å². The lowest BCUT2D eigenvalue weighted by Gasteiger charge is -2.14. The maximum Gasteiger partial charge on any atom is 0.300 e. The quantitative estimate of drug-likeness (QED) is 0.631. The molecule has 0 fully saturated rings. The summed E-state index contributed by atoms with van der Waals surface area (Å²) in [4.78, 5) is 22.0. The second-order valence-corrected chi connectivity index (χ2v) is 4.06. The smallest absolute Gasteiger partial charge is 0.300 e. The van der Waals surface area contributed by atoms with E-state index in [-0.39, 0.29) is 17.2 Å². The molecule has 0 unspecified atom stereocenters. The second-order valence-electron chi connectivity index (χ2n) is 3.65. The summed E-state index contributed by atoms with van der Waals surface area (Å²) < 4.78 is 0. The number of carbonyl (C=O) groups is 1. The number of benzene rings is 1. The number of aliphatic hydroxyl groups excluding tert-OH is 1. The van der Waals surface area contributed by atoms with Crippen LogP contribution in [0.5, 0.6) is 0 Å². The number of nitro groups is 1. The van der Waals surface area contributed by atoms with Crippen molar-refractivity contribution in [2.75, 3.05) is 6.61 Å². The minimum absolute atomic E-state index is 0.0929. The highest BCUT2D eigenvalue weighted by Gasteiger charge is 2.24. The molecule has 1 atom stereocenters. The SMILES string of the molecule is CC[C@H](CO)NC(=O)c1cccc(Cl)c1[N+](=O)[O-]. The van der Waals surface area contributed by atoms with Crippen LogP contribution in [0, 0.1) is 10.1 Å². The largest absolute Gasteiger partial charge is 0.394 e. The summed E-state index contributed by atoms with van der Waals surface area (Å²) in [6.45, 7) is 1.56. The predicted molar refractivity (Wildman–Crippen MR) is 66.7 cm³/mol. The zero-order valence-electron chi connectivity index (χ0n) is 9.72. The van der Waals surface area contributed by atoms with E-state index in [4.69, 9.17) is 16.7 Å². The van der Waals surface area contributed by atoms with Gasteiger partial charge in [-0.1, -0.05) is 24.6 Å². The van der Waals surface area contributed by atoms with Gasteiger partial charge in [-0.05, 0) is 18.6 Å². The number of nitro benzene ring substituents is 1. The van der Waals surface area contributed by atoms with Crippen molar-refractivity contribution in [3.8, 4) is 0 Å². The van der Waals surface area contributed by atoms with Crippen molar-refractivity contribution in [2.45, 2.75) is 19.4 Å². The molecule has 0 saturated heterocycles. The Morgan fingerprint density at radius 3 is 2.78 bits per heavy atom. The normalized spacial score (nSPS) is 11.9. The fourth-order valence-corrected chi connectivity index (χ4v) is 1.67. The summed E-state index contributed by atoms with van der Waals surface area (Å²) in [6, 6.07) is 3.70. The van der Waals surface area contributed by atoms with E-state index in [0.29, 0.717) is 6.42 Å². The zero-order valence-corrected chi connectivity index (χ0v) is 10.5. The van der Waals surface area contributed by atoms with Crippen LogP contribution in [0.4, 0.5) is 5.69 Å². The van der Waals surface area contributed by atoms with Crippen LogP contribution in [0.15, 0.2) is 18.2 Å². The van der Waals surface area contributed by atoms with Crippen LogP contribution in [0.25, 0.3) is 0 Å². The fraction of sp³-hybridized carbons (Fsp3) is 0.364. The summed E-state index contributed by atoms with van der Waals surface area (Å²) in [7, 11) is 0. The van der Waals surface area contributed by atoms with Crippen LogP contribution >= 0.6 is 11.6 Å². The van der Waals surface area contributed by atoms with Gasteiger partial charge in [0.2, 0.25) is 0 Å². The van der Waals surface area contributed by atoms with E-state index < -0.39 is 22.6 Å². The van der Waals surface area contributed by atoms with Crippen molar-refractivity contribution < 1.29 is 14.8 Å². The lowest BCUT2D eigenvalue weighted by Crippen LogP contribution is -2.37. The van der Waals surface area contributed by atoms with Crippen LogP contribution in [-0.4, -0.2) is 28.6 Å². The van der Waals surface area contributed by atoms with Crippen LogP contribution in [0.1, 0.15) is 23.7 Å². The summed E-state index contributed by atoms with van der Waals surface area (Å²) in [6.07, 6.45) is 0.524. The van der Waals surface area contributed by atoms with Gasteiger partial charge in [-0.25, -0.2) is 0 Å². The third-order valence-electron chi connectivity index (χ3n) is 2.46. The molecule has 0 bridgehead atoms. The molecule has 0 aliphatic carbocycles. The number of carbonyl (C=O) groups excluding carboxylic acids is 1. The molecule has 0 radical (unpaired) electrons. The van der Waals surface area contributed by atoms with Crippen molar-refractivity contribution in [1.29, 1.82) is 0 Å². The van der Waals surface area contributed by atoms with E-state index >= 15 is 0 Å². The first-order valence-electron chi connectivity index (χ1n) is 5.35. The molecule has 1 aromatic rings.